The average molecular weight is 380 g/mol. The van der Waals surface area contributed by atoms with Gasteiger partial charge in [-0.2, -0.15) is 0 Å². The number of aromatic nitrogens is 1. The Kier molecular flexibility index (Phi) is 4.38. The number of fused-ring (bicyclic) bond motifs is 1. The predicted molar refractivity (Wildman–Crippen MR) is 94.9 cm³/mol. The van der Waals surface area contributed by atoms with Crippen molar-refractivity contribution in [1.82, 2.24) is 4.98 Å². The fourth-order valence-electron chi connectivity index (χ4n) is 2.03. The second-order valence-corrected chi connectivity index (χ2v) is 6.89. The van der Waals surface area contributed by atoms with Gasteiger partial charge in [-0.05, 0) is 30.3 Å². The van der Waals surface area contributed by atoms with Crippen molar-refractivity contribution in [1.29, 1.82) is 0 Å². The van der Waals surface area contributed by atoms with Gasteiger partial charge < -0.3 is 5.73 Å². The van der Waals surface area contributed by atoms with Gasteiger partial charge in [0, 0.05) is 31.8 Å². The molecule has 0 bridgehead atoms. The molecule has 0 radical (unpaired) electrons. The Morgan fingerprint density at radius 2 is 1.95 bits per heavy atom. The second kappa shape index (κ2) is 6.26. The van der Waals surface area contributed by atoms with Gasteiger partial charge in [-0.1, -0.05) is 45.7 Å². The van der Waals surface area contributed by atoms with Crippen LogP contribution in [0.15, 0.2) is 57.9 Å². The van der Waals surface area contributed by atoms with Crippen molar-refractivity contribution in [3.05, 3.63) is 63.7 Å². The van der Waals surface area contributed by atoms with E-state index in [2.05, 4.69) is 27.0 Å². The van der Waals surface area contributed by atoms with Crippen LogP contribution in [-0.2, 0) is 5.75 Å². The van der Waals surface area contributed by atoms with Gasteiger partial charge in [-0.25, -0.2) is 4.98 Å². The lowest BCUT2D eigenvalue weighted by Gasteiger charge is -2.08. The quantitative estimate of drug-likeness (QED) is 0.370. The number of para-hydroxylation sites is 1. The predicted octanol–water partition coefficient (Wildman–Crippen LogP) is 5.53. The highest BCUT2D eigenvalue weighted by Gasteiger charge is 2.07. The third-order valence-electron chi connectivity index (χ3n) is 3.11. The number of nitrogens with zero attached hydrogens (tertiary/aromatic N) is 1. The zero-order valence-electron chi connectivity index (χ0n) is 11.0. The monoisotopic (exact) mass is 378 g/mol. The molecule has 0 saturated heterocycles. The van der Waals surface area contributed by atoms with Gasteiger partial charge in [0.25, 0.3) is 0 Å². The smallest absolute Gasteiger partial charge is 0.133 e. The molecule has 2 nitrogen and oxygen atoms in total. The first-order valence-electron chi connectivity index (χ1n) is 6.35. The first kappa shape index (κ1) is 14.7. The van der Waals surface area contributed by atoms with Crippen molar-refractivity contribution in [3.8, 4) is 0 Å². The van der Waals surface area contributed by atoms with Crippen LogP contribution >= 0.6 is 39.3 Å². The molecule has 0 atom stereocenters. The number of hydrogen-bond acceptors (Lipinski definition) is 3. The van der Waals surface area contributed by atoms with Crippen molar-refractivity contribution in [2.24, 2.45) is 0 Å². The van der Waals surface area contributed by atoms with Crippen molar-refractivity contribution < 1.29 is 0 Å². The Morgan fingerprint density at radius 3 is 2.81 bits per heavy atom. The lowest BCUT2D eigenvalue weighted by molar-refractivity contribution is 1.30. The Morgan fingerprint density at radius 1 is 1.14 bits per heavy atom. The fraction of sp³-hybridized carbons (Fsp3) is 0.0625. The third-order valence-corrected chi connectivity index (χ3v) is 5.05. The summed E-state index contributed by atoms with van der Waals surface area (Å²) in [4.78, 5) is 5.48. The standard InChI is InChI=1S/C16H12BrClN2S/c17-12-5-6-13(19)15(8-12)21-9-11-7-10-3-1-2-4-14(10)20-16(11)18/h1-8H,9,19H2. The summed E-state index contributed by atoms with van der Waals surface area (Å²) in [6.45, 7) is 0. The van der Waals surface area contributed by atoms with E-state index in [-0.39, 0.29) is 0 Å². The first-order valence-corrected chi connectivity index (χ1v) is 8.51. The summed E-state index contributed by atoms with van der Waals surface area (Å²) < 4.78 is 1.02. The molecule has 5 heteroatoms. The summed E-state index contributed by atoms with van der Waals surface area (Å²) in [5.74, 6) is 0.733. The molecule has 0 aliphatic rings. The average Bonchev–Trinajstić information content (AvgIpc) is 2.48. The highest BCUT2D eigenvalue weighted by molar-refractivity contribution is 9.10. The van der Waals surface area contributed by atoms with E-state index in [0.717, 1.165) is 37.3 Å². The Balaban J connectivity index is 1.88. The number of rotatable bonds is 3. The van der Waals surface area contributed by atoms with Crippen LogP contribution in [0.5, 0.6) is 0 Å². The number of nitrogen functional groups attached to an aromatic ring is 1. The van der Waals surface area contributed by atoms with E-state index < -0.39 is 0 Å². The third kappa shape index (κ3) is 3.34. The minimum atomic E-state index is 0.551. The number of benzene rings is 2. The number of halogens is 2. The van der Waals surface area contributed by atoms with Gasteiger partial charge in [0.05, 0.1) is 5.52 Å². The van der Waals surface area contributed by atoms with E-state index in [4.69, 9.17) is 17.3 Å². The molecule has 0 fully saturated rings. The van der Waals surface area contributed by atoms with Crippen LogP contribution < -0.4 is 5.73 Å². The number of pyridine rings is 1. The van der Waals surface area contributed by atoms with E-state index in [1.807, 2.05) is 42.5 Å². The maximum atomic E-state index is 6.28. The topological polar surface area (TPSA) is 38.9 Å². The van der Waals surface area contributed by atoms with Crippen molar-refractivity contribution in [2.45, 2.75) is 10.6 Å². The van der Waals surface area contributed by atoms with Crippen LogP contribution in [-0.4, -0.2) is 4.98 Å². The molecule has 0 saturated carbocycles. The van der Waals surface area contributed by atoms with Gasteiger partial charge in [-0.3, -0.25) is 0 Å². The number of thioether (sulfide) groups is 1. The Hall–Kier alpha value is -1.23. The molecule has 1 aromatic heterocycles. The Labute approximate surface area is 140 Å². The highest BCUT2D eigenvalue weighted by Crippen LogP contribution is 2.33. The molecule has 0 spiro atoms. The van der Waals surface area contributed by atoms with E-state index in [1.165, 1.54) is 0 Å². The van der Waals surface area contributed by atoms with Gasteiger partial charge in [0.15, 0.2) is 0 Å². The molecule has 3 rings (SSSR count). The summed E-state index contributed by atoms with van der Waals surface area (Å²) in [5.41, 5.74) is 8.69. The van der Waals surface area contributed by atoms with E-state index >= 15 is 0 Å². The molecule has 2 aromatic carbocycles. The van der Waals surface area contributed by atoms with Gasteiger partial charge >= 0.3 is 0 Å². The maximum absolute atomic E-state index is 6.28. The van der Waals surface area contributed by atoms with Crippen LogP contribution in [0, 0.1) is 0 Å². The summed E-state index contributed by atoms with van der Waals surface area (Å²) >= 11 is 11.4. The van der Waals surface area contributed by atoms with Crippen LogP contribution in [0.4, 0.5) is 5.69 Å². The first-order chi connectivity index (χ1) is 10.1. The fourth-order valence-corrected chi connectivity index (χ4v) is 3.81. The Bertz CT molecular complexity index is 807. The van der Waals surface area contributed by atoms with Crippen LogP contribution in [0.1, 0.15) is 5.56 Å². The van der Waals surface area contributed by atoms with Crippen LogP contribution in [0.2, 0.25) is 5.15 Å². The van der Waals surface area contributed by atoms with Gasteiger partial charge in [0.2, 0.25) is 0 Å². The summed E-state index contributed by atoms with van der Waals surface area (Å²) in [6, 6.07) is 15.9. The van der Waals surface area contributed by atoms with Crippen molar-refractivity contribution in [2.75, 3.05) is 5.73 Å². The van der Waals surface area contributed by atoms with Gasteiger partial charge in [-0.15, -0.1) is 11.8 Å². The minimum absolute atomic E-state index is 0.551. The maximum Gasteiger partial charge on any atom is 0.133 e. The molecule has 1 heterocycles. The van der Waals surface area contributed by atoms with E-state index in [1.54, 1.807) is 11.8 Å². The molecular formula is C16H12BrClN2S. The highest BCUT2D eigenvalue weighted by atomic mass is 79.9. The molecule has 0 amide bonds. The normalized spacial score (nSPS) is 11.0. The molecular weight excluding hydrogens is 368 g/mol. The molecule has 0 unspecified atom stereocenters. The lowest BCUT2D eigenvalue weighted by Crippen LogP contribution is -1.91. The molecule has 0 aliphatic heterocycles. The second-order valence-electron chi connectivity index (χ2n) is 4.60. The zero-order chi connectivity index (χ0) is 14.8. The zero-order valence-corrected chi connectivity index (χ0v) is 14.2. The van der Waals surface area contributed by atoms with Crippen LogP contribution in [0.25, 0.3) is 10.9 Å². The van der Waals surface area contributed by atoms with Crippen molar-refractivity contribution >= 4 is 55.9 Å². The SMILES string of the molecule is Nc1ccc(Br)cc1SCc1cc2ccccc2nc1Cl. The number of anilines is 1. The number of hydrogen-bond donors (Lipinski definition) is 1. The minimum Gasteiger partial charge on any atom is -0.398 e. The molecule has 3 aromatic rings. The number of nitrogens with two attached hydrogens (primary N) is 1. The molecule has 106 valence electrons. The summed E-state index contributed by atoms with van der Waals surface area (Å²) in [7, 11) is 0. The van der Waals surface area contributed by atoms with Crippen molar-refractivity contribution in [3.63, 3.8) is 0 Å². The molecule has 0 aliphatic carbocycles. The summed E-state index contributed by atoms with van der Waals surface area (Å²) in [5, 5.41) is 1.65. The van der Waals surface area contributed by atoms with Crippen LogP contribution in [0.3, 0.4) is 0 Å². The van der Waals surface area contributed by atoms with Gasteiger partial charge in [0.1, 0.15) is 5.15 Å². The lowest BCUT2D eigenvalue weighted by atomic mass is 10.2. The summed E-state index contributed by atoms with van der Waals surface area (Å²) in [6.07, 6.45) is 0. The molecule has 21 heavy (non-hydrogen) atoms. The molecule has 2 N–H and O–H groups in total. The van der Waals surface area contributed by atoms with E-state index in [9.17, 15) is 0 Å². The largest absolute Gasteiger partial charge is 0.398 e. The van der Waals surface area contributed by atoms with E-state index in [0.29, 0.717) is 5.15 Å².